The van der Waals surface area contributed by atoms with Gasteiger partial charge in [0.05, 0.1) is 17.4 Å². The van der Waals surface area contributed by atoms with Crippen molar-refractivity contribution in [3.63, 3.8) is 0 Å². The fraction of sp³-hybridized carbons (Fsp3) is 0.533. The Morgan fingerprint density at radius 1 is 1.38 bits per heavy atom. The van der Waals surface area contributed by atoms with Crippen molar-refractivity contribution in [2.75, 3.05) is 6.54 Å². The summed E-state index contributed by atoms with van der Waals surface area (Å²) in [5.74, 6) is -0.137. The molecular weight excluding hydrogens is 272 g/mol. The van der Waals surface area contributed by atoms with E-state index in [1.165, 1.54) is 12.1 Å². The van der Waals surface area contributed by atoms with Crippen LogP contribution >= 0.6 is 0 Å². The van der Waals surface area contributed by atoms with Gasteiger partial charge in [-0.15, -0.1) is 0 Å². The molecule has 0 aliphatic rings. The van der Waals surface area contributed by atoms with E-state index in [1.54, 1.807) is 19.1 Å². The second-order valence-electron chi connectivity index (χ2n) is 6.09. The van der Waals surface area contributed by atoms with Crippen molar-refractivity contribution in [1.29, 1.82) is 0 Å². The van der Waals surface area contributed by atoms with Crippen LogP contribution < -0.4 is 5.32 Å². The molecule has 1 aromatic carbocycles. The molecule has 6 heteroatoms. The summed E-state index contributed by atoms with van der Waals surface area (Å²) in [6.45, 7) is 6.15. The van der Waals surface area contributed by atoms with Gasteiger partial charge < -0.3 is 10.4 Å². The van der Waals surface area contributed by atoms with Gasteiger partial charge in [0, 0.05) is 18.7 Å². The van der Waals surface area contributed by atoms with Crippen molar-refractivity contribution >= 4 is 11.6 Å². The van der Waals surface area contributed by atoms with Crippen molar-refractivity contribution in [3.8, 4) is 0 Å². The maximum atomic E-state index is 11.9. The summed E-state index contributed by atoms with van der Waals surface area (Å²) in [5.41, 5.74) is 0.558. The van der Waals surface area contributed by atoms with E-state index in [1.807, 2.05) is 13.8 Å². The van der Waals surface area contributed by atoms with Gasteiger partial charge in [-0.25, -0.2) is 0 Å². The van der Waals surface area contributed by atoms with Crippen molar-refractivity contribution in [2.24, 2.45) is 5.41 Å². The lowest BCUT2D eigenvalue weighted by Gasteiger charge is -2.26. The molecule has 0 saturated carbocycles. The molecule has 0 heterocycles. The number of nitro groups is 1. The van der Waals surface area contributed by atoms with Crippen molar-refractivity contribution in [1.82, 2.24) is 5.32 Å². The van der Waals surface area contributed by atoms with Gasteiger partial charge in [-0.3, -0.25) is 14.9 Å². The summed E-state index contributed by atoms with van der Waals surface area (Å²) in [6.07, 6.45) is 0.375. The second kappa shape index (κ2) is 7.17. The van der Waals surface area contributed by atoms with E-state index in [0.29, 0.717) is 13.0 Å². The molecule has 116 valence electrons. The maximum absolute atomic E-state index is 11.9. The first-order chi connectivity index (χ1) is 9.69. The quantitative estimate of drug-likeness (QED) is 0.594. The fourth-order valence-electron chi connectivity index (χ4n) is 2.19. The summed E-state index contributed by atoms with van der Waals surface area (Å²) in [7, 11) is 0. The van der Waals surface area contributed by atoms with Crippen LogP contribution in [0.2, 0.25) is 0 Å². The number of carbonyl (C=O) groups excluding carboxylic acids is 1. The molecule has 0 aliphatic heterocycles. The molecule has 0 radical (unpaired) electrons. The first-order valence-corrected chi connectivity index (χ1v) is 6.88. The highest BCUT2D eigenvalue weighted by Crippen LogP contribution is 2.21. The van der Waals surface area contributed by atoms with Gasteiger partial charge in [0.1, 0.15) is 0 Å². The third-order valence-electron chi connectivity index (χ3n) is 3.12. The van der Waals surface area contributed by atoms with Crippen molar-refractivity contribution < 1.29 is 14.8 Å². The topological polar surface area (TPSA) is 92.5 Å². The van der Waals surface area contributed by atoms with E-state index in [9.17, 15) is 20.0 Å². The number of nitrogens with one attached hydrogen (secondary N) is 1. The molecule has 0 spiro atoms. The largest absolute Gasteiger partial charge is 0.393 e. The van der Waals surface area contributed by atoms with E-state index in [-0.39, 0.29) is 23.4 Å². The van der Waals surface area contributed by atoms with E-state index in [2.05, 4.69) is 5.32 Å². The molecule has 0 bridgehead atoms. The van der Waals surface area contributed by atoms with Crippen LogP contribution in [0, 0.1) is 15.5 Å². The Labute approximate surface area is 124 Å². The molecule has 0 aromatic heterocycles. The van der Waals surface area contributed by atoms with Gasteiger partial charge in [-0.05, 0) is 24.3 Å². The Bertz CT molecular complexity index is 495. The highest BCUT2D eigenvalue weighted by atomic mass is 16.6. The Hall–Kier alpha value is -1.95. The van der Waals surface area contributed by atoms with Gasteiger partial charge >= 0.3 is 0 Å². The number of carbonyl (C=O) groups is 1. The Balaban J connectivity index is 2.48. The predicted octanol–water partition coefficient (Wildman–Crippen LogP) is 2.05. The molecule has 2 N–H and O–H groups in total. The Kier molecular flexibility index (Phi) is 5.84. The minimum absolute atomic E-state index is 0.0113. The van der Waals surface area contributed by atoms with Crippen LogP contribution in [0.4, 0.5) is 5.69 Å². The fourth-order valence-corrected chi connectivity index (χ4v) is 2.19. The predicted molar refractivity (Wildman–Crippen MR) is 79.9 cm³/mol. The van der Waals surface area contributed by atoms with Gasteiger partial charge in [0.15, 0.2) is 0 Å². The van der Waals surface area contributed by atoms with Gasteiger partial charge in [-0.2, -0.15) is 0 Å². The molecular formula is C15H22N2O4. The first kappa shape index (κ1) is 17.1. The highest BCUT2D eigenvalue weighted by Gasteiger charge is 2.21. The standard InChI is InChI=1S/C15H22N2O4/c1-11(18)9-15(2,3)10-16-14(19)8-12-4-6-13(7-5-12)17(20)21/h4-7,11,18H,8-10H2,1-3H3,(H,16,19). The number of aliphatic hydroxyl groups is 1. The second-order valence-corrected chi connectivity index (χ2v) is 6.09. The Morgan fingerprint density at radius 2 is 1.95 bits per heavy atom. The zero-order chi connectivity index (χ0) is 16.0. The summed E-state index contributed by atoms with van der Waals surface area (Å²) in [6, 6.07) is 5.94. The number of aliphatic hydroxyl groups excluding tert-OH is 1. The zero-order valence-corrected chi connectivity index (χ0v) is 12.6. The Morgan fingerprint density at radius 3 is 2.43 bits per heavy atom. The number of nitrogens with zero attached hydrogens (tertiary/aromatic N) is 1. The minimum atomic E-state index is -0.470. The van der Waals surface area contributed by atoms with Crippen LogP contribution in [0.15, 0.2) is 24.3 Å². The van der Waals surface area contributed by atoms with Crippen LogP contribution in [-0.4, -0.2) is 28.6 Å². The molecule has 0 aliphatic carbocycles. The smallest absolute Gasteiger partial charge is 0.269 e. The molecule has 0 fully saturated rings. The normalized spacial score (nSPS) is 12.8. The number of rotatable bonds is 7. The maximum Gasteiger partial charge on any atom is 0.269 e. The average molecular weight is 294 g/mol. The van der Waals surface area contributed by atoms with E-state index in [0.717, 1.165) is 5.56 Å². The monoisotopic (exact) mass is 294 g/mol. The molecule has 1 unspecified atom stereocenters. The molecule has 21 heavy (non-hydrogen) atoms. The number of hydrogen-bond acceptors (Lipinski definition) is 4. The van der Waals surface area contributed by atoms with Crippen LogP contribution in [0.1, 0.15) is 32.8 Å². The molecule has 0 saturated heterocycles. The number of amides is 1. The average Bonchev–Trinajstić information content (AvgIpc) is 2.36. The first-order valence-electron chi connectivity index (χ1n) is 6.88. The number of hydrogen-bond donors (Lipinski definition) is 2. The van der Waals surface area contributed by atoms with Crippen LogP contribution in [0.3, 0.4) is 0 Å². The minimum Gasteiger partial charge on any atom is -0.393 e. The number of benzene rings is 1. The summed E-state index contributed by atoms with van der Waals surface area (Å²) < 4.78 is 0. The van der Waals surface area contributed by atoms with Gasteiger partial charge in [0.2, 0.25) is 5.91 Å². The highest BCUT2D eigenvalue weighted by molar-refractivity contribution is 5.78. The lowest BCUT2D eigenvalue weighted by atomic mass is 9.87. The van der Waals surface area contributed by atoms with Crippen LogP contribution in [0.5, 0.6) is 0 Å². The third kappa shape index (κ3) is 6.35. The lowest BCUT2D eigenvalue weighted by Crippen LogP contribution is -2.36. The van der Waals surface area contributed by atoms with Crippen molar-refractivity contribution in [2.45, 2.75) is 39.7 Å². The van der Waals surface area contributed by atoms with E-state index < -0.39 is 11.0 Å². The molecule has 1 aromatic rings. The zero-order valence-electron chi connectivity index (χ0n) is 12.6. The van der Waals surface area contributed by atoms with Crippen LogP contribution in [0.25, 0.3) is 0 Å². The van der Waals surface area contributed by atoms with E-state index >= 15 is 0 Å². The third-order valence-corrected chi connectivity index (χ3v) is 3.12. The molecule has 1 rings (SSSR count). The number of non-ortho nitro benzene ring substituents is 1. The SMILES string of the molecule is CC(O)CC(C)(C)CNC(=O)Cc1ccc([N+](=O)[O-])cc1. The van der Waals surface area contributed by atoms with Gasteiger partial charge in [0.25, 0.3) is 5.69 Å². The number of nitro benzene ring substituents is 1. The van der Waals surface area contributed by atoms with Crippen LogP contribution in [-0.2, 0) is 11.2 Å². The molecule has 1 amide bonds. The van der Waals surface area contributed by atoms with Gasteiger partial charge in [-0.1, -0.05) is 26.0 Å². The summed E-state index contributed by atoms with van der Waals surface area (Å²) >= 11 is 0. The van der Waals surface area contributed by atoms with Crippen molar-refractivity contribution in [3.05, 3.63) is 39.9 Å². The molecule has 1 atom stereocenters. The molecule has 6 nitrogen and oxygen atoms in total. The summed E-state index contributed by atoms with van der Waals surface area (Å²) in [5, 5.41) is 22.8. The summed E-state index contributed by atoms with van der Waals surface area (Å²) in [4.78, 5) is 21.9. The lowest BCUT2D eigenvalue weighted by molar-refractivity contribution is -0.384. The van der Waals surface area contributed by atoms with E-state index in [4.69, 9.17) is 0 Å².